The highest BCUT2D eigenvalue weighted by Crippen LogP contribution is 2.17. The molecule has 0 aromatic heterocycles. The fraction of sp³-hybridized carbons (Fsp3) is 0.250. The van der Waals surface area contributed by atoms with Crippen molar-refractivity contribution in [1.82, 2.24) is 5.32 Å². The van der Waals surface area contributed by atoms with E-state index >= 15 is 0 Å². The predicted molar refractivity (Wildman–Crippen MR) is 62.3 cm³/mol. The molecular weight excluding hydrogens is 206 g/mol. The second-order valence-corrected chi connectivity index (χ2v) is 4.43. The lowest BCUT2D eigenvalue weighted by Gasteiger charge is -2.25. The molecule has 0 radical (unpaired) electrons. The van der Waals surface area contributed by atoms with E-state index < -0.39 is 0 Å². The number of carbonyl (C=O) groups excluding carboxylic acids is 1. The van der Waals surface area contributed by atoms with Gasteiger partial charge >= 0.3 is 0 Å². The van der Waals surface area contributed by atoms with E-state index in [9.17, 15) is 4.79 Å². The van der Waals surface area contributed by atoms with Crippen molar-refractivity contribution in [3.05, 3.63) is 35.9 Å². The lowest BCUT2D eigenvalue weighted by molar-refractivity contribution is -0.126. The van der Waals surface area contributed by atoms with Gasteiger partial charge in [-0.1, -0.05) is 30.0 Å². The van der Waals surface area contributed by atoms with Gasteiger partial charge in [0.2, 0.25) is 5.91 Å². The summed E-state index contributed by atoms with van der Waals surface area (Å²) in [6.45, 7) is 0. The Morgan fingerprint density at radius 1 is 1.40 bits per heavy atom. The van der Waals surface area contributed by atoms with E-state index in [1.54, 1.807) is 11.8 Å². The molecule has 2 nitrogen and oxygen atoms in total. The molecule has 1 saturated heterocycles. The topological polar surface area (TPSA) is 29.1 Å². The van der Waals surface area contributed by atoms with Crippen LogP contribution in [0.5, 0.6) is 0 Å². The Balaban J connectivity index is 1.74. The quantitative estimate of drug-likeness (QED) is 0.602. The zero-order valence-corrected chi connectivity index (χ0v) is 9.01. The first-order valence-electron chi connectivity index (χ1n) is 4.79. The maximum Gasteiger partial charge on any atom is 0.223 e. The van der Waals surface area contributed by atoms with Gasteiger partial charge in [0.25, 0.3) is 0 Å². The summed E-state index contributed by atoms with van der Waals surface area (Å²) >= 11 is 1.68. The van der Waals surface area contributed by atoms with E-state index in [0.717, 1.165) is 11.3 Å². The lowest BCUT2D eigenvalue weighted by Crippen LogP contribution is -2.46. The minimum atomic E-state index is 0.142. The van der Waals surface area contributed by atoms with Crippen LogP contribution < -0.4 is 5.32 Å². The Hall–Kier alpha value is -1.40. The third-order valence-electron chi connectivity index (χ3n) is 2.06. The van der Waals surface area contributed by atoms with Gasteiger partial charge in [-0.25, -0.2) is 0 Å². The van der Waals surface area contributed by atoms with E-state index in [0.29, 0.717) is 6.42 Å². The second kappa shape index (κ2) is 4.90. The van der Waals surface area contributed by atoms with Gasteiger partial charge in [-0.15, -0.1) is 11.8 Å². The molecule has 0 spiro atoms. The van der Waals surface area contributed by atoms with Crippen molar-refractivity contribution >= 4 is 17.7 Å². The molecule has 1 aliphatic rings. The van der Waals surface area contributed by atoms with Crippen LogP contribution in [0.2, 0.25) is 0 Å². The molecule has 15 heavy (non-hydrogen) atoms. The van der Waals surface area contributed by atoms with E-state index in [-0.39, 0.29) is 11.3 Å². The van der Waals surface area contributed by atoms with Crippen LogP contribution >= 0.6 is 11.8 Å². The third kappa shape index (κ3) is 3.03. The summed E-state index contributed by atoms with van der Waals surface area (Å²) < 4.78 is 0. The van der Waals surface area contributed by atoms with Gasteiger partial charge in [0.1, 0.15) is 0 Å². The minimum absolute atomic E-state index is 0.142. The number of hydrogen-bond donors (Lipinski definition) is 1. The Labute approximate surface area is 93.4 Å². The van der Waals surface area contributed by atoms with Crippen molar-refractivity contribution in [2.75, 3.05) is 5.75 Å². The fourth-order valence-corrected chi connectivity index (χ4v) is 2.07. The maximum atomic E-state index is 10.6. The summed E-state index contributed by atoms with van der Waals surface area (Å²) in [6.07, 6.45) is 0.637. The predicted octanol–water partition coefficient (Wildman–Crippen LogP) is 1.62. The zero-order valence-electron chi connectivity index (χ0n) is 8.19. The van der Waals surface area contributed by atoms with Crippen molar-refractivity contribution in [3.8, 4) is 11.8 Å². The van der Waals surface area contributed by atoms with E-state index in [1.807, 2.05) is 30.3 Å². The van der Waals surface area contributed by atoms with Gasteiger partial charge in [0.05, 0.1) is 17.5 Å². The molecule has 0 bridgehead atoms. The number of β-lactam (4-membered cyclic amide) rings is 1. The summed E-state index contributed by atoms with van der Waals surface area (Å²) in [6, 6.07) is 9.90. The molecule has 2 rings (SSSR count). The summed E-state index contributed by atoms with van der Waals surface area (Å²) in [5.41, 5.74) is 1.04. The molecule has 0 saturated carbocycles. The van der Waals surface area contributed by atoms with E-state index in [1.165, 1.54) is 0 Å². The van der Waals surface area contributed by atoms with Crippen LogP contribution in [-0.2, 0) is 4.79 Å². The second-order valence-electron chi connectivity index (χ2n) is 3.24. The van der Waals surface area contributed by atoms with Crippen LogP contribution in [0.4, 0.5) is 0 Å². The number of hydrogen-bond acceptors (Lipinski definition) is 2. The molecule has 1 aromatic carbocycles. The standard InChI is InChI=1S/C12H11NOS/c14-11-9-12(13-11)15-8-4-7-10-5-2-1-3-6-10/h1-3,5-6,12H,8-9H2,(H,13,14). The zero-order chi connectivity index (χ0) is 10.5. The number of rotatable bonds is 2. The van der Waals surface area contributed by atoms with E-state index in [2.05, 4.69) is 17.2 Å². The molecule has 1 heterocycles. The summed E-state index contributed by atoms with van der Waals surface area (Å²) in [5.74, 6) is 7.06. The summed E-state index contributed by atoms with van der Waals surface area (Å²) in [4.78, 5) is 10.6. The molecule has 3 heteroatoms. The van der Waals surface area contributed by atoms with Crippen LogP contribution in [0.1, 0.15) is 12.0 Å². The molecule has 0 aliphatic carbocycles. The highest BCUT2D eigenvalue weighted by molar-refractivity contribution is 8.00. The highest BCUT2D eigenvalue weighted by Gasteiger charge is 2.24. The molecule has 1 aromatic rings. The van der Waals surface area contributed by atoms with Crippen molar-refractivity contribution in [2.45, 2.75) is 11.8 Å². The van der Waals surface area contributed by atoms with Crippen LogP contribution in [0, 0.1) is 11.8 Å². The van der Waals surface area contributed by atoms with Crippen molar-refractivity contribution in [3.63, 3.8) is 0 Å². The number of thioether (sulfide) groups is 1. The Morgan fingerprint density at radius 3 is 2.80 bits per heavy atom. The van der Waals surface area contributed by atoms with Crippen molar-refractivity contribution < 1.29 is 4.79 Å². The molecule has 1 atom stereocenters. The lowest BCUT2D eigenvalue weighted by atomic mass is 10.2. The number of carbonyl (C=O) groups is 1. The number of benzene rings is 1. The smallest absolute Gasteiger partial charge is 0.223 e. The fourth-order valence-electron chi connectivity index (χ4n) is 1.23. The average Bonchev–Trinajstić information content (AvgIpc) is 2.23. The van der Waals surface area contributed by atoms with Crippen LogP contribution in [-0.4, -0.2) is 17.0 Å². The maximum absolute atomic E-state index is 10.6. The summed E-state index contributed by atoms with van der Waals surface area (Å²) in [5, 5.41) is 3.08. The highest BCUT2D eigenvalue weighted by atomic mass is 32.2. The molecule has 1 unspecified atom stereocenters. The van der Waals surface area contributed by atoms with Crippen molar-refractivity contribution in [1.29, 1.82) is 0 Å². The van der Waals surface area contributed by atoms with Crippen LogP contribution in [0.3, 0.4) is 0 Å². The third-order valence-corrected chi connectivity index (χ3v) is 3.05. The van der Waals surface area contributed by atoms with Gasteiger partial charge in [0, 0.05) is 5.56 Å². The first-order chi connectivity index (χ1) is 7.34. The SMILES string of the molecule is O=C1CC(SCC#Cc2ccccc2)N1. The Morgan fingerprint density at radius 2 is 2.13 bits per heavy atom. The van der Waals surface area contributed by atoms with E-state index in [4.69, 9.17) is 0 Å². The van der Waals surface area contributed by atoms with Gasteiger partial charge in [-0.3, -0.25) is 4.79 Å². The molecule has 1 fully saturated rings. The van der Waals surface area contributed by atoms with Gasteiger partial charge in [-0.2, -0.15) is 0 Å². The van der Waals surface area contributed by atoms with Gasteiger partial charge in [0.15, 0.2) is 0 Å². The Bertz CT molecular complexity index is 397. The molecule has 76 valence electrons. The molecule has 1 aliphatic heterocycles. The normalized spacial score (nSPS) is 18.4. The van der Waals surface area contributed by atoms with Crippen LogP contribution in [0.25, 0.3) is 0 Å². The molecular formula is C12H11NOS. The van der Waals surface area contributed by atoms with Crippen LogP contribution in [0.15, 0.2) is 30.3 Å². The molecule has 1 amide bonds. The van der Waals surface area contributed by atoms with Gasteiger partial charge < -0.3 is 5.32 Å². The first kappa shape index (κ1) is 10.1. The number of amides is 1. The first-order valence-corrected chi connectivity index (χ1v) is 5.84. The number of nitrogens with one attached hydrogen (secondary N) is 1. The molecule has 1 N–H and O–H groups in total. The average molecular weight is 217 g/mol. The largest absolute Gasteiger partial charge is 0.344 e. The summed E-state index contributed by atoms with van der Waals surface area (Å²) in [7, 11) is 0. The van der Waals surface area contributed by atoms with Crippen molar-refractivity contribution in [2.24, 2.45) is 0 Å². The monoisotopic (exact) mass is 217 g/mol. The minimum Gasteiger partial charge on any atom is -0.344 e. The Kier molecular flexibility index (Phi) is 3.31. The van der Waals surface area contributed by atoms with Gasteiger partial charge in [-0.05, 0) is 12.1 Å².